The third-order valence-corrected chi connectivity index (χ3v) is 2.65. The largest absolute Gasteiger partial charge is 0.383 e. The smallest absolute Gasteiger partial charge is 0.246 e. The number of amides is 1. The summed E-state index contributed by atoms with van der Waals surface area (Å²) in [6.45, 7) is 4.82. The number of likely N-dealkylation sites (tertiary alicyclic amines) is 1. The molecule has 0 spiro atoms. The fourth-order valence-electron chi connectivity index (χ4n) is 1.65. The molecule has 3 radical (unpaired) electrons. The lowest BCUT2D eigenvalue weighted by Crippen LogP contribution is -2.36. The van der Waals surface area contributed by atoms with Crippen LogP contribution in [-0.4, -0.2) is 47.4 Å². The predicted octanol–water partition coefficient (Wildman–Crippen LogP) is 0.377. The van der Waals surface area contributed by atoms with Crippen LogP contribution in [0.25, 0.3) is 0 Å². The molecule has 0 N–H and O–H groups in total. The second kappa shape index (κ2) is 4.57. The van der Waals surface area contributed by atoms with Crippen LogP contribution in [0.2, 0.25) is 5.54 Å². The van der Waals surface area contributed by atoms with Crippen LogP contribution in [-0.2, 0) is 9.53 Å². The Hall–Kier alpha value is -0.613. The standard InChI is InChI=1S/C9H14NO2Si/c1-3-9(11)10-5-8(13)4-7(10)6-12-2/h3,7-8H,1,4-6H2,2H3/t7-,8?/m1/s1. The highest BCUT2D eigenvalue weighted by atomic mass is 28.1. The Morgan fingerprint density at radius 3 is 3.08 bits per heavy atom. The molecule has 0 aromatic carbocycles. The number of carbonyl (C=O) groups is 1. The summed E-state index contributed by atoms with van der Waals surface area (Å²) in [6.07, 6.45) is 2.30. The van der Waals surface area contributed by atoms with Gasteiger partial charge in [-0.15, -0.1) is 0 Å². The summed E-state index contributed by atoms with van der Waals surface area (Å²) in [5.41, 5.74) is 0.379. The average Bonchev–Trinajstić information content (AvgIpc) is 2.46. The van der Waals surface area contributed by atoms with Crippen molar-refractivity contribution in [3.05, 3.63) is 12.7 Å². The first kappa shape index (κ1) is 10.5. The topological polar surface area (TPSA) is 29.5 Å². The number of nitrogens with zero attached hydrogens (tertiary/aromatic N) is 1. The predicted molar refractivity (Wildman–Crippen MR) is 51.7 cm³/mol. The molecule has 0 aliphatic carbocycles. The highest BCUT2D eigenvalue weighted by Crippen LogP contribution is 2.25. The molecule has 1 heterocycles. The van der Waals surface area contributed by atoms with Gasteiger partial charge in [-0.2, -0.15) is 0 Å². The molecule has 0 aromatic rings. The van der Waals surface area contributed by atoms with E-state index in [0.717, 1.165) is 13.0 Å². The number of rotatable bonds is 3. The second-order valence-corrected chi connectivity index (χ2v) is 4.05. The van der Waals surface area contributed by atoms with Crippen molar-refractivity contribution in [1.29, 1.82) is 0 Å². The number of hydrogen-bond donors (Lipinski definition) is 0. The lowest BCUT2D eigenvalue weighted by atomic mass is 10.2. The van der Waals surface area contributed by atoms with Crippen molar-refractivity contribution in [3.63, 3.8) is 0 Å². The molecule has 0 bridgehead atoms. The third kappa shape index (κ3) is 2.41. The molecule has 4 heteroatoms. The van der Waals surface area contributed by atoms with Crippen molar-refractivity contribution >= 4 is 16.1 Å². The minimum Gasteiger partial charge on any atom is -0.383 e. The van der Waals surface area contributed by atoms with Crippen molar-refractivity contribution in [2.45, 2.75) is 18.0 Å². The zero-order chi connectivity index (χ0) is 9.84. The van der Waals surface area contributed by atoms with Crippen LogP contribution in [0, 0.1) is 0 Å². The number of methoxy groups -OCH3 is 1. The Kier molecular flexibility index (Phi) is 3.68. The second-order valence-electron chi connectivity index (χ2n) is 3.24. The minimum absolute atomic E-state index is 0.0113. The van der Waals surface area contributed by atoms with Crippen LogP contribution in [0.15, 0.2) is 12.7 Å². The quantitative estimate of drug-likeness (QED) is 0.482. The van der Waals surface area contributed by atoms with Crippen molar-refractivity contribution in [1.82, 2.24) is 4.90 Å². The van der Waals surface area contributed by atoms with E-state index in [9.17, 15) is 4.79 Å². The lowest BCUT2D eigenvalue weighted by Gasteiger charge is -2.22. The molecule has 1 rings (SSSR count). The zero-order valence-electron chi connectivity index (χ0n) is 7.82. The molecule has 71 valence electrons. The summed E-state index contributed by atoms with van der Waals surface area (Å²) in [4.78, 5) is 13.2. The Bertz CT molecular complexity index is 208. The van der Waals surface area contributed by atoms with E-state index in [4.69, 9.17) is 4.74 Å². The van der Waals surface area contributed by atoms with Gasteiger partial charge in [0.25, 0.3) is 0 Å². The van der Waals surface area contributed by atoms with Crippen molar-refractivity contribution in [2.75, 3.05) is 20.3 Å². The van der Waals surface area contributed by atoms with Gasteiger partial charge in [0.1, 0.15) is 0 Å². The summed E-state index contributed by atoms with van der Waals surface area (Å²) >= 11 is 0. The lowest BCUT2D eigenvalue weighted by molar-refractivity contribution is -0.127. The van der Waals surface area contributed by atoms with Crippen LogP contribution < -0.4 is 0 Å². The van der Waals surface area contributed by atoms with Crippen LogP contribution in [0.3, 0.4) is 0 Å². The van der Waals surface area contributed by atoms with E-state index in [1.165, 1.54) is 6.08 Å². The SMILES string of the molecule is C=CC(=O)N1CC([Si])C[C@@H]1COC. The van der Waals surface area contributed by atoms with E-state index >= 15 is 0 Å². The summed E-state index contributed by atoms with van der Waals surface area (Å²) in [6, 6.07) is 0.193. The van der Waals surface area contributed by atoms with Gasteiger partial charge >= 0.3 is 0 Å². The fourth-order valence-corrected chi connectivity index (χ4v) is 2.12. The molecule has 1 aliphatic rings. The molecule has 0 aromatic heterocycles. The van der Waals surface area contributed by atoms with Gasteiger partial charge in [0, 0.05) is 23.9 Å². The van der Waals surface area contributed by atoms with Gasteiger partial charge in [-0.25, -0.2) is 0 Å². The molecule has 1 unspecified atom stereocenters. The van der Waals surface area contributed by atoms with Gasteiger partial charge in [-0.1, -0.05) is 6.58 Å². The first-order valence-corrected chi connectivity index (χ1v) is 4.90. The number of ether oxygens (including phenoxy) is 1. The summed E-state index contributed by atoms with van der Waals surface area (Å²) in [7, 11) is 5.20. The van der Waals surface area contributed by atoms with Gasteiger partial charge in [0.05, 0.1) is 12.6 Å². The first-order chi connectivity index (χ1) is 6.19. The number of carbonyl (C=O) groups excluding carboxylic acids is 1. The third-order valence-electron chi connectivity index (χ3n) is 2.23. The van der Waals surface area contributed by atoms with E-state index in [1.807, 2.05) is 0 Å². The van der Waals surface area contributed by atoms with Crippen molar-refractivity contribution < 1.29 is 9.53 Å². The molecular weight excluding hydrogens is 182 g/mol. The highest BCUT2D eigenvalue weighted by Gasteiger charge is 2.31. The molecule has 1 fully saturated rings. The molecule has 1 aliphatic heterocycles. The summed E-state index contributed by atoms with van der Waals surface area (Å²) in [5, 5.41) is 0. The molecule has 13 heavy (non-hydrogen) atoms. The van der Waals surface area contributed by atoms with E-state index in [2.05, 4.69) is 16.8 Å². The van der Waals surface area contributed by atoms with Gasteiger partial charge in [-0.3, -0.25) is 4.79 Å². The van der Waals surface area contributed by atoms with E-state index in [1.54, 1.807) is 12.0 Å². The maximum atomic E-state index is 11.4. The van der Waals surface area contributed by atoms with E-state index < -0.39 is 0 Å². The summed E-state index contributed by atoms with van der Waals surface area (Å²) in [5.74, 6) is -0.0113. The van der Waals surface area contributed by atoms with Gasteiger partial charge in [0.2, 0.25) is 5.91 Å². The first-order valence-electron chi connectivity index (χ1n) is 4.32. The molecule has 3 nitrogen and oxygen atoms in total. The van der Waals surface area contributed by atoms with Gasteiger partial charge in [-0.05, 0) is 18.0 Å². The fraction of sp³-hybridized carbons (Fsp3) is 0.667. The maximum absolute atomic E-state index is 11.4. The molecular formula is C9H14NO2Si. The maximum Gasteiger partial charge on any atom is 0.246 e. The van der Waals surface area contributed by atoms with Crippen LogP contribution in [0.4, 0.5) is 0 Å². The highest BCUT2D eigenvalue weighted by molar-refractivity contribution is 6.12. The van der Waals surface area contributed by atoms with E-state index in [-0.39, 0.29) is 11.9 Å². The van der Waals surface area contributed by atoms with Crippen LogP contribution in [0.5, 0.6) is 0 Å². The van der Waals surface area contributed by atoms with Crippen molar-refractivity contribution in [3.8, 4) is 0 Å². The molecule has 1 amide bonds. The average molecular weight is 196 g/mol. The Balaban J connectivity index is 2.59. The Labute approximate surface area is 82.2 Å². The number of hydrogen-bond acceptors (Lipinski definition) is 2. The summed E-state index contributed by atoms with van der Waals surface area (Å²) < 4.78 is 5.05. The molecule has 0 saturated carbocycles. The van der Waals surface area contributed by atoms with Gasteiger partial charge < -0.3 is 9.64 Å². The van der Waals surface area contributed by atoms with Crippen LogP contribution >= 0.6 is 0 Å². The minimum atomic E-state index is -0.0113. The monoisotopic (exact) mass is 196 g/mol. The zero-order valence-corrected chi connectivity index (χ0v) is 8.82. The molecule has 1 saturated heterocycles. The van der Waals surface area contributed by atoms with Gasteiger partial charge in [0.15, 0.2) is 0 Å². The Morgan fingerprint density at radius 2 is 2.54 bits per heavy atom. The van der Waals surface area contributed by atoms with Crippen molar-refractivity contribution in [2.24, 2.45) is 0 Å². The van der Waals surface area contributed by atoms with Crippen LogP contribution in [0.1, 0.15) is 6.42 Å². The normalized spacial score (nSPS) is 27.7. The van der Waals surface area contributed by atoms with E-state index in [0.29, 0.717) is 12.1 Å². The Morgan fingerprint density at radius 1 is 1.85 bits per heavy atom. The molecule has 2 atom stereocenters.